The molecular formula is C16H27N3O2S. The van der Waals surface area contributed by atoms with Crippen molar-refractivity contribution < 1.29 is 9.53 Å². The van der Waals surface area contributed by atoms with Gasteiger partial charge in [-0.05, 0) is 40.2 Å². The van der Waals surface area contributed by atoms with Gasteiger partial charge in [0, 0.05) is 24.1 Å². The summed E-state index contributed by atoms with van der Waals surface area (Å²) in [5.74, 6) is 0.0581. The molecule has 1 saturated heterocycles. The Balaban J connectivity index is 1.83. The van der Waals surface area contributed by atoms with Crippen LogP contribution in [0.1, 0.15) is 48.3 Å². The molecule has 0 saturated carbocycles. The number of nitrogens with zero attached hydrogens (tertiary/aromatic N) is 2. The molecule has 124 valence electrons. The van der Waals surface area contributed by atoms with Gasteiger partial charge in [-0.15, -0.1) is 11.3 Å². The molecular weight excluding hydrogens is 298 g/mol. The minimum atomic E-state index is 0.0581. The van der Waals surface area contributed by atoms with Crippen molar-refractivity contribution in [3.05, 3.63) is 15.6 Å². The first kappa shape index (κ1) is 17.4. The predicted octanol–water partition coefficient (Wildman–Crippen LogP) is 2.30. The van der Waals surface area contributed by atoms with Gasteiger partial charge in [0.1, 0.15) is 0 Å². The Morgan fingerprint density at radius 3 is 2.95 bits per heavy atom. The first-order valence-corrected chi connectivity index (χ1v) is 8.87. The monoisotopic (exact) mass is 325 g/mol. The molecule has 1 amide bonds. The number of aryl methyl sites for hydroxylation is 2. The largest absolute Gasteiger partial charge is 0.376 e. The Bertz CT molecular complexity index is 498. The maximum Gasteiger partial charge on any atom is 0.234 e. The summed E-state index contributed by atoms with van der Waals surface area (Å²) >= 11 is 1.75. The Labute approximate surface area is 137 Å². The van der Waals surface area contributed by atoms with Crippen molar-refractivity contribution in [1.29, 1.82) is 0 Å². The molecule has 5 nitrogen and oxygen atoms in total. The molecule has 0 aliphatic carbocycles. The van der Waals surface area contributed by atoms with Gasteiger partial charge in [0.25, 0.3) is 0 Å². The van der Waals surface area contributed by atoms with E-state index >= 15 is 0 Å². The number of hydrogen-bond acceptors (Lipinski definition) is 5. The third kappa shape index (κ3) is 4.51. The van der Waals surface area contributed by atoms with Gasteiger partial charge in [0.15, 0.2) is 0 Å². The van der Waals surface area contributed by atoms with Crippen molar-refractivity contribution in [2.24, 2.45) is 0 Å². The summed E-state index contributed by atoms with van der Waals surface area (Å²) in [5.41, 5.74) is 1.08. The van der Waals surface area contributed by atoms with Gasteiger partial charge in [-0.2, -0.15) is 0 Å². The molecule has 0 bridgehead atoms. The lowest BCUT2D eigenvalue weighted by molar-refractivity contribution is -0.122. The van der Waals surface area contributed by atoms with E-state index in [2.05, 4.69) is 29.0 Å². The first-order valence-electron chi connectivity index (χ1n) is 8.06. The molecule has 2 atom stereocenters. The molecule has 22 heavy (non-hydrogen) atoms. The van der Waals surface area contributed by atoms with Crippen molar-refractivity contribution in [1.82, 2.24) is 15.2 Å². The summed E-state index contributed by atoms with van der Waals surface area (Å²) in [5, 5.41) is 4.14. The summed E-state index contributed by atoms with van der Waals surface area (Å²) in [6.07, 6.45) is 3.31. The van der Waals surface area contributed by atoms with E-state index in [1.165, 1.54) is 4.88 Å². The second kappa shape index (κ2) is 8.04. The van der Waals surface area contributed by atoms with Gasteiger partial charge < -0.3 is 10.1 Å². The predicted molar refractivity (Wildman–Crippen MR) is 89.3 cm³/mol. The van der Waals surface area contributed by atoms with Gasteiger partial charge >= 0.3 is 0 Å². The lowest BCUT2D eigenvalue weighted by Gasteiger charge is -2.23. The summed E-state index contributed by atoms with van der Waals surface area (Å²) in [6.45, 7) is 8.14. The van der Waals surface area contributed by atoms with Crippen LogP contribution in [0.25, 0.3) is 0 Å². The molecule has 6 heteroatoms. The van der Waals surface area contributed by atoms with Crippen LogP contribution < -0.4 is 5.32 Å². The van der Waals surface area contributed by atoms with Crippen LogP contribution in [0.3, 0.4) is 0 Å². The lowest BCUT2D eigenvalue weighted by Crippen LogP contribution is -2.39. The van der Waals surface area contributed by atoms with E-state index in [0.29, 0.717) is 13.1 Å². The van der Waals surface area contributed by atoms with E-state index in [4.69, 9.17) is 4.74 Å². The summed E-state index contributed by atoms with van der Waals surface area (Å²) in [7, 11) is 1.99. The summed E-state index contributed by atoms with van der Waals surface area (Å²) < 4.78 is 5.52. The van der Waals surface area contributed by atoms with E-state index < -0.39 is 0 Å². The Kier molecular flexibility index (Phi) is 6.35. The number of carbonyl (C=O) groups is 1. The van der Waals surface area contributed by atoms with Crippen LogP contribution in [0.15, 0.2) is 0 Å². The second-order valence-corrected chi connectivity index (χ2v) is 7.06. The number of carbonyl (C=O) groups excluding carboxylic acids is 1. The third-order valence-electron chi connectivity index (χ3n) is 4.16. The number of nitrogens with one attached hydrogen (secondary N) is 1. The van der Waals surface area contributed by atoms with E-state index in [1.54, 1.807) is 11.3 Å². The van der Waals surface area contributed by atoms with Crippen molar-refractivity contribution in [2.45, 2.75) is 52.2 Å². The fourth-order valence-electron chi connectivity index (χ4n) is 2.66. The summed E-state index contributed by atoms with van der Waals surface area (Å²) in [6, 6.07) is 0.200. The highest BCUT2D eigenvalue weighted by Gasteiger charge is 2.21. The number of likely N-dealkylation sites (N-methyl/N-ethyl adjacent to an activating group) is 1. The molecule has 0 radical (unpaired) electrons. The molecule has 2 unspecified atom stereocenters. The number of thiazole rings is 1. The molecule has 1 fully saturated rings. The smallest absolute Gasteiger partial charge is 0.234 e. The molecule has 0 spiro atoms. The van der Waals surface area contributed by atoms with Crippen LogP contribution >= 0.6 is 11.3 Å². The molecule has 1 aromatic heterocycles. The average molecular weight is 325 g/mol. The fraction of sp³-hybridized carbons (Fsp3) is 0.750. The number of rotatable bonds is 7. The summed E-state index contributed by atoms with van der Waals surface area (Å²) in [4.78, 5) is 20.0. The molecule has 1 aliphatic rings. The second-order valence-electron chi connectivity index (χ2n) is 5.94. The average Bonchev–Trinajstić information content (AvgIpc) is 3.13. The van der Waals surface area contributed by atoms with Crippen molar-refractivity contribution in [3.8, 4) is 0 Å². The van der Waals surface area contributed by atoms with Crippen molar-refractivity contribution >= 4 is 17.2 Å². The maximum atomic E-state index is 12.1. The van der Waals surface area contributed by atoms with E-state index in [-0.39, 0.29) is 18.1 Å². The van der Waals surface area contributed by atoms with Gasteiger partial charge in [-0.3, -0.25) is 9.69 Å². The van der Waals surface area contributed by atoms with E-state index in [1.807, 2.05) is 14.0 Å². The molecule has 2 rings (SSSR count). The number of hydrogen-bond donors (Lipinski definition) is 1. The first-order chi connectivity index (χ1) is 10.5. The third-order valence-corrected chi connectivity index (χ3v) is 5.64. The van der Waals surface area contributed by atoms with Crippen LogP contribution in [-0.2, 0) is 16.0 Å². The highest BCUT2D eigenvalue weighted by molar-refractivity contribution is 7.11. The van der Waals surface area contributed by atoms with Crippen molar-refractivity contribution in [3.63, 3.8) is 0 Å². The maximum absolute atomic E-state index is 12.1. The number of aromatic nitrogens is 1. The van der Waals surface area contributed by atoms with Crippen LogP contribution in [0.2, 0.25) is 0 Å². The van der Waals surface area contributed by atoms with Crippen LogP contribution in [-0.4, -0.2) is 48.6 Å². The quantitative estimate of drug-likeness (QED) is 0.836. The standard InChI is InChI=1S/C16H27N3O2S/c1-5-15-18-11(2)16(22-15)12(3)19(4)10-14(20)17-9-13-7-6-8-21-13/h12-13H,5-10H2,1-4H3,(H,17,20). The lowest BCUT2D eigenvalue weighted by atomic mass is 10.2. The highest BCUT2D eigenvalue weighted by Crippen LogP contribution is 2.28. The minimum absolute atomic E-state index is 0.0581. The van der Waals surface area contributed by atoms with Gasteiger partial charge in [0.05, 0.1) is 23.4 Å². The minimum Gasteiger partial charge on any atom is -0.376 e. The van der Waals surface area contributed by atoms with Gasteiger partial charge in [0.2, 0.25) is 5.91 Å². The highest BCUT2D eigenvalue weighted by atomic mass is 32.1. The molecule has 2 heterocycles. The number of ether oxygens (including phenoxy) is 1. The normalized spacial score (nSPS) is 19.6. The fourth-order valence-corrected chi connectivity index (χ4v) is 3.78. The molecule has 1 aromatic rings. The zero-order chi connectivity index (χ0) is 16.1. The van der Waals surface area contributed by atoms with Gasteiger partial charge in [-0.25, -0.2) is 4.98 Å². The Morgan fingerprint density at radius 2 is 2.36 bits per heavy atom. The topological polar surface area (TPSA) is 54.5 Å². The molecule has 1 N–H and O–H groups in total. The molecule has 1 aliphatic heterocycles. The Morgan fingerprint density at radius 1 is 1.59 bits per heavy atom. The SMILES string of the molecule is CCc1nc(C)c(C(C)N(C)CC(=O)NCC2CCCO2)s1. The van der Waals surface area contributed by atoms with Gasteiger partial charge in [-0.1, -0.05) is 6.92 Å². The zero-order valence-electron chi connectivity index (χ0n) is 14.0. The number of amides is 1. The van der Waals surface area contributed by atoms with E-state index in [9.17, 15) is 4.79 Å². The van der Waals surface area contributed by atoms with E-state index in [0.717, 1.165) is 36.6 Å². The van der Waals surface area contributed by atoms with Crippen LogP contribution in [0.4, 0.5) is 0 Å². The molecule has 0 aromatic carbocycles. The van der Waals surface area contributed by atoms with Crippen LogP contribution in [0, 0.1) is 6.92 Å². The van der Waals surface area contributed by atoms with Crippen LogP contribution in [0.5, 0.6) is 0 Å². The zero-order valence-corrected chi connectivity index (χ0v) is 14.8. The Hall–Kier alpha value is -0.980. The van der Waals surface area contributed by atoms with Crippen molar-refractivity contribution in [2.75, 3.05) is 26.7 Å².